The standard InChI is InChI=1S/C18H29FN4O.HI/c1-4-23-10-6-8-16(23)13-22-18(20-3)21-12-14(2)24-17-9-5-7-15(19)11-17;/h5,7,9,11,14,16H,4,6,8,10,12-13H2,1-3H3,(H2,20,21,22);1H. The summed E-state index contributed by atoms with van der Waals surface area (Å²) in [5, 5.41) is 6.65. The van der Waals surface area contributed by atoms with E-state index in [4.69, 9.17) is 4.74 Å². The van der Waals surface area contributed by atoms with Gasteiger partial charge in [-0.2, -0.15) is 0 Å². The van der Waals surface area contributed by atoms with Crippen LogP contribution < -0.4 is 15.4 Å². The van der Waals surface area contributed by atoms with Gasteiger partial charge in [-0.3, -0.25) is 9.89 Å². The summed E-state index contributed by atoms with van der Waals surface area (Å²) in [4.78, 5) is 6.75. The summed E-state index contributed by atoms with van der Waals surface area (Å²) in [6.07, 6.45) is 2.41. The van der Waals surface area contributed by atoms with E-state index in [1.165, 1.54) is 31.5 Å². The maximum absolute atomic E-state index is 13.2. The lowest BCUT2D eigenvalue weighted by atomic mass is 10.2. The van der Waals surface area contributed by atoms with Crippen LogP contribution in [0.2, 0.25) is 0 Å². The molecule has 142 valence electrons. The van der Waals surface area contributed by atoms with Crippen molar-refractivity contribution in [2.45, 2.75) is 38.8 Å². The molecule has 2 unspecified atom stereocenters. The van der Waals surface area contributed by atoms with E-state index in [0.29, 0.717) is 18.3 Å². The van der Waals surface area contributed by atoms with Crippen molar-refractivity contribution in [3.8, 4) is 5.75 Å². The average molecular weight is 464 g/mol. The number of benzene rings is 1. The molecule has 1 aliphatic heterocycles. The van der Waals surface area contributed by atoms with Crippen LogP contribution >= 0.6 is 24.0 Å². The Labute approximate surface area is 167 Å². The summed E-state index contributed by atoms with van der Waals surface area (Å²) in [7, 11) is 1.76. The first-order chi connectivity index (χ1) is 11.6. The highest BCUT2D eigenvalue weighted by Gasteiger charge is 2.22. The maximum Gasteiger partial charge on any atom is 0.191 e. The van der Waals surface area contributed by atoms with Crippen molar-refractivity contribution in [2.75, 3.05) is 33.2 Å². The lowest BCUT2D eigenvalue weighted by molar-refractivity contribution is 0.222. The monoisotopic (exact) mass is 464 g/mol. The molecule has 2 atom stereocenters. The van der Waals surface area contributed by atoms with Gasteiger partial charge in [-0.15, -0.1) is 24.0 Å². The molecule has 0 aromatic heterocycles. The molecule has 0 bridgehead atoms. The fourth-order valence-corrected chi connectivity index (χ4v) is 3.03. The fourth-order valence-electron chi connectivity index (χ4n) is 3.03. The van der Waals surface area contributed by atoms with Crippen LogP contribution in [-0.2, 0) is 0 Å². The Balaban J connectivity index is 0.00000312. The summed E-state index contributed by atoms with van der Waals surface area (Å²) in [5.41, 5.74) is 0. The van der Waals surface area contributed by atoms with Gasteiger partial charge in [0.25, 0.3) is 0 Å². The number of halogens is 2. The second kappa shape index (κ2) is 11.5. The molecule has 1 heterocycles. The first kappa shape index (κ1) is 22.0. The quantitative estimate of drug-likeness (QED) is 0.370. The van der Waals surface area contributed by atoms with Crippen molar-refractivity contribution in [1.29, 1.82) is 0 Å². The van der Waals surface area contributed by atoms with Crippen molar-refractivity contribution in [1.82, 2.24) is 15.5 Å². The minimum atomic E-state index is -0.290. The van der Waals surface area contributed by atoms with E-state index in [2.05, 4.69) is 27.4 Å². The number of nitrogens with one attached hydrogen (secondary N) is 2. The normalized spacial score (nSPS) is 19.2. The van der Waals surface area contributed by atoms with Crippen molar-refractivity contribution >= 4 is 29.9 Å². The molecule has 1 saturated heterocycles. The first-order valence-corrected chi connectivity index (χ1v) is 8.73. The molecule has 5 nitrogen and oxygen atoms in total. The SMILES string of the molecule is CCN1CCCC1CNC(=NC)NCC(C)Oc1cccc(F)c1.I. The van der Waals surface area contributed by atoms with Crippen LogP contribution in [0.5, 0.6) is 5.75 Å². The Hall–Kier alpha value is -1.09. The molecule has 1 aliphatic rings. The zero-order valence-electron chi connectivity index (χ0n) is 15.3. The highest BCUT2D eigenvalue weighted by atomic mass is 127. The molecular formula is C18H30FIN4O. The van der Waals surface area contributed by atoms with Crippen LogP contribution in [0, 0.1) is 5.82 Å². The Morgan fingerprint density at radius 3 is 2.92 bits per heavy atom. The number of hydrogen-bond donors (Lipinski definition) is 2. The van der Waals surface area contributed by atoms with Crippen molar-refractivity contribution in [2.24, 2.45) is 4.99 Å². The van der Waals surface area contributed by atoms with Gasteiger partial charge in [-0.1, -0.05) is 13.0 Å². The average Bonchev–Trinajstić information content (AvgIpc) is 3.02. The van der Waals surface area contributed by atoms with Crippen molar-refractivity contribution in [3.05, 3.63) is 30.1 Å². The zero-order chi connectivity index (χ0) is 17.4. The topological polar surface area (TPSA) is 48.9 Å². The highest BCUT2D eigenvalue weighted by molar-refractivity contribution is 14.0. The smallest absolute Gasteiger partial charge is 0.191 e. The van der Waals surface area contributed by atoms with Crippen LogP contribution in [0.15, 0.2) is 29.3 Å². The Morgan fingerprint density at radius 1 is 1.44 bits per heavy atom. The van der Waals surface area contributed by atoms with Gasteiger partial charge in [-0.05, 0) is 45.0 Å². The van der Waals surface area contributed by atoms with Gasteiger partial charge in [-0.25, -0.2) is 4.39 Å². The van der Waals surface area contributed by atoms with E-state index in [9.17, 15) is 4.39 Å². The summed E-state index contributed by atoms with van der Waals surface area (Å²) in [6, 6.07) is 6.78. The van der Waals surface area contributed by atoms with Crippen LogP contribution in [0.1, 0.15) is 26.7 Å². The molecule has 0 aliphatic carbocycles. The largest absolute Gasteiger partial charge is 0.489 e. The third kappa shape index (κ3) is 7.35. The molecule has 0 saturated carbocycles. The van der Waals surface area contributed by atoms with E-state index in [1.807, 2.05) is 6.92 Å². The summed E-state index contributed by atoms with van der Waals surface area (Å²) in [5.74, 6) is 1.02. The number of ether oxygens (including phenoxy) is 1. The molecule has 25 heavy (non-hydrogen) atoms. The lowest BCUT2D eigenvalue weighted by Crippen LogP contribution is -2.46. The minimum Gasteiger partial charge on any atom is -0.489 e. The molecule has 0 spiro atoms. The minimum absolute atomic E-state index is 0. The van der Waals surface area contributed by atoms with Crippen molar-refractivity contribution in [3.63, 3.8) is 0 Å². The number of likely N-dealkylation sites (N-methyl/N-ethyl adjacent to an activating group) is 1. The number of likely N-dealkylation sites (tertiary alicyclic amines) is 1. The van der Waals surface area contributed by atoms with Crippen LogP contribution in [0.3, 0.4) is 0 Å². The van der Waals surface area contributed by atoms with E-state index in [0.717, 1.165) is 19.0 Å². The molecule has 1 aromatic rings. The maximum atomic E-state index is 13.2. The predicted molar refractivity (Wildman–Crippen MR) is 112 cm³/mol. The summed E-state index contributed by atoms with van der Waals surface area (Å²) in [6.45, 7) is 7.92. The number of hydrogen-bond acceptors (Lipinski definition) is 3. The van der Waals surface area contributed by atoms with Crippen molar-refractivity contribution < 1.29 is 9.13 Å². The number of nitrogens with zero attached hydrogens (tertiary/aromatic N) is 2. The fraction of sp³-hybridized carbons (Fsp3) is 0.611. The van der Waals surface area contributed by atoms with Crippen LogP contribution in [-0.4, -0.2) is 56.2 Å². The molecule has 0 radical (unpaired) electrons. The van der Waals surface area contributed by atoms with Gasteiger partial charge in [0.15, 0.2) is 5.96 Å². The Kier molecular flexibility index (Phi) is 10.1. The third-order valence-corrected chi connectivity index (χ3v) is 4.32. The van der Waals surface area contributed by atoms with Gasteiger partial charge in [0, 0.05) is 25.7 Å². The Bertz CT molecular complexity index is 544. The van der Waals surface area contributed by atoms with Gasteiger partial charge in [0.05, 0.1) is 6.54 Å². The van der Waals surface area contributed by atoms with E-state index in [1.54, 1.807) is 19.2 Å². The molecule has 2 N–H and O–H groups in total. The lowest BCUT2D eigenvalue weighted by Gasteiger charge is -2.24. The molecular weight excluding hydrogens is 434 g/mol. The molecule has 0 amide bonds. The number of aliphatic imine (C=N–C) groups is 1. The Morgan fingerprint density at radius 2 is 2.24 bits per heavy atom. The predicted octanol–water partition coefficient (Wildman–Crippen LogP) is 2.86. The molecule has 7 heteroatoms. The highest BCUT2D eigenvalue weighted by Crippen LogP contribution is 2.15. The zero-order valence-corrected chi connectivity index (χ0v) is 17.6. The summed E-state index contributed by atoms with van der Waals surface area (Å²) >= 11 is 0. The van der Waals surface area contributed by atoms with Gasteiger partial charge >= 0.3 is 0 Å². The molecule has 1 fully saturated rings. The van der Waals surface area contributed by atoms with Crippen LogP contribution in [0.25, 0.3) is 0 Å². The van der Waals surface area contributed by atoms with Crippen LogP contribution in [0.4, 0.5) is 4.39 Å². The van der Waals surface area contributed by atoms with E-state index >= 15 is 0 Å². The second-order valence-electron chi connectivity index (χ2n) is 6.14. The molecule has 2 rings (SSSR count). The molecule has 1 aromatic carbocycles. The second-order valence-corrected chi connectivity index (χ2v) is 6.14. The van der Waals surface area contributed by atoms with Gasteiger partial charge in [0.1, 0.15) is 17.7 Å². The first-order valence-electron chi connectivity index (χ1n) is 8.73. The third-order valence-electron chi connectivity index (χ3n) is 4.32. The van der Waals surface area contributed by atoms with Gasteiger partial charge in [0.2, 0.25) is 0 Å². The summed E-state index contributed by atoms with van der Waals surface area (Å²) < 4.78 is 18.9. The van der Waals surface area contributed by atoms with E-state index in [-0.39, 0.29) is 35.9 Å². The number of rotatable bonds is 7. The number of guanidine groups is 1. The van der Waals surface area contributed by atoms with Gasteiger partial charge < -0.3 is 15.4 Å². The van der Waals surface area contributed by atoms with E-state index < -0.39 is 0 Å².